The Morgan fingerprint density at radius 2 is 2.15 bits per heavy atom. The number of nitrogens with one attached hydrogen (secondary N) is 1. The zero-order chi connectivity index (χ0) is 14.4. The van der Waals surface area contributed by atoms with E-state index < -0.39 is 10.8 Å². The summed E-state index contributed by atoms with van der Waals surface area (Å²) in [6.07, 6.45) is 4.85. The highest BCUT2D eigenvalue weighted by molar-refractivity contribution is 7.85. The van der Waals surface area contributed by atoms with Crippen LogP contribution in [0.5, 0.6) is 5.75 Å². The molecule has 112 valence electrons. The summed E-state index contributed by atoms with van der Waals surface area (Å²) >= 11 is 0. The third kappa shape index (κ3) is 3.83. The van der Waals surface area contributed by atoms with E-state index in [2.05, 4.69) is 12.2 Å². The number of para-hydroxylation sites is 1. The minimum absolute atomic E-state index is 0.620. The van der Waals surface area contributed by atoms with E-state index in [1.54, 1.807) is 7.11 Å². The van der Waals surface area contributed by atoms with Gasteiger partial charge in [-0.2, -0.15) is 0 Å². The lowest BCUT2D eigenvalue weighted by molar-refractivity contribution is 0.397. The van der Waals surface area contributed by atoms with Crippen molar-refractivity contribution in [2.45, 2.75) is 43.5 Å². The molecule has 0 aliphatic heterocycles. The lowest BCUT2D eigenvalue weighted by Gasteiger charge is -2.20. The van der Waals surface area contributed by atoms with Crippen molar-refractivity contribution in [3.8, 4) is 5.75 Å². The predicted octanol–water partition coefficient (Wildman–Crippen LogP) is 2.97. The topological polar surface area (TPSA) is 38.3 Å². The van der Waals surface area contributed by atoms with Gasteiger partial charge in [0.05, 0.1) is 22.8 Å². The lowest BCUT2D eigenvalue weighted by Crippen LogP contribution is -2.32. The molecule has 1 saturated carbocycles. The van der Waals surface area contributed by atoms with Crippen LogP contribution in [0.2, 0.25) is 0 Å². The molecule has 0 amide bonds. The maximum Gasteiger partial charge on any atom is 0.134 e. The molecular formula is C16H25NO2S. The van der Waals surface area contributed by atoms with E-state index in [0.29, 0.717) is 12.0 Å². The Bertz CT molecular complexity index is 450. The van der Waals surface area contributed by atoms with Gasteiger partial charge in [-0.15, -0.1) is 0 Å². The number of rotatable bonds is 7. The molecule has 0 saturated heterocycles. The van der Waals surface area contributed by atoms with Crippen LogP contribution < -0.4 is 10.1 Å². The second-order valence-electron chi connectivity index (χ2n) is 5.34. The molecule has 0 spiro atoms. The summed E-state index contributed by atoms with van der Waals surface area (Å²) in [5.41, 5.74) is 0. The van der Waals surface area contributed by atoms with Gasteiger partial charge in [0.25, 0.3) is 0 Å². The minimum Gasteiger partial charge on any atom is -0.495 e. The molecule has 1 aromatic rings. The number of hydrogen-bond donors (Lipinski definition) is 1. The SMILES string of the molecule is CCNC1CCCC1CCS(=O)c1ccccc1OC. The molecule has 1 aliphatic rings. The Kier molecular flexibility index (Phi) is 6.05. The second kappa shape index (κ2) is 7.79. The summed E-state index contributed by atoms with van der Waals surface area (Å²) in [7, 11) is 0.671. The van der Waals surface area contributed by atoms with Crippen molar-refractivity contribution >= 4 is 10.8 Å². The van der Waals surface area contributed by atoms with E-state index >= 15 is 0 Å². The molecule has 1 aromatic carbocycles. The molecule has 0 bridgehead atoms. The van der Waals surface area contributed by atoms with E-state index in [-0.39, 0.29) is 0 Å². The van der Waals surface area contributed by atoms with E-state index in [4.69, 9.17) is 4.74 Å². The van der Waals surface area contributed by atoms with Crippen molar-refractivity contribution < 1.29 is 8.95 Å². The van der Waals surface area contributed by atoms with Gasteiger partial charge in [0.2, 0.25) is 0 Å². The number of ether oxygens (including phenoxy) is 1. The fourth-order valence-electron chi connectivity index (χ4n) is 3.09. The lowest BCUT2D eigenvalue weighted by atomic mass is 10.0. The van der Waals surface area contributed by atoms with Crippen molar-refractivity contribution in [3.05, 3.63) is 24.3 Å². The van der Waals surface area contributed by atoms with Crippen LogP contribution in [0.4, 0.5) is 0 Å². The molecule has 20 heavy (non-hydrogen) atoms. The third-order valence-corrected chi connectivity index (χ3v) is 5.55. The largest absolute Gasteiger partial charge is 0.495 e. The Morgan fingerprint density at radius 1 is 1.35 bits per heavy atom. The van der Waals surface area contributed by atoms with Crippen LogP contribution in [0.25, 0.3) is 0 Å². The van der Waals surface area contributed by atoms with Gasteiger partial charge in [-0.1, -0.05) is 25.5 Å². The first-order valence-electron chi connectivity index (χ1n) is 7.51. The molecule has 0 aromatic heterocycles. The average molecular weight is 295 g/mol. The fourth-order valence-corrected chi connectivity index (χ4v) is 4.43. The summed E-state index contributed by atoms with van der Waals surface area (Å²) in [5, 5.41) is 3.56. The maximum absolute atomic E-state index is 12.5. The Hall–Kier alpha value is -0.870. The molecular weight excluding hydrogens is 270 g/mol. The predicted molar refractivity (Wildman–Crippen MR) is 83.7 cm³/mol. The molecule has 3 nitrogen and oxygen atoms in total. The van der Waals surface area contributed by atoms with Crippen molar-refractivity contribution in [2.24, 2.45) is 5.92 Å². The van der Waals surface area contributed by atoms with Crippen molar-refractivity contribution in [2.75, 3.05) is 19.4 Å². The van der Waals surface area contributed by atoms with Crippen LogP contribution in [-0.4, -0.2) is 29.7 Å². The Morgan fingerprint density at radius 3 is 2.90 bits per heavy atom. The summed E-state index contributed by atoms with van der Waals surface area (Å²) in [6.45, 7) is 3.18. The van der Waals surface area contributed by atoms with Gasteiger partial charge < -0.3 is 10.1 Å². The minimum atomic E-state index is -0.962. The first kappa shape index (κ1) is 15.5. The summed E-state index contributed by atoms with van der Waals surface area (Å²) in [6, 6.07) is 8.25. The maximum atomic E-state index is 12.5. The summed E-state index contributed by atoms with van der Waals surface area (Å²) in [5.74, 6) is 2.14. The van der Waals surface area contributed by atoms with Gasteiger partial charge >= 0.3 is 0 Å². The first-order chi connectivity index (χ1) is 9.76. The van der Waals surface area contributed by atoms with Crippen LogP contribution in [-0.2, 0) is 10.8 Å². The highest BCUT2D eigenvalue weighted by atomic mass is 32.2. The van der Waals surface area contributed by atoms with Gasteiger partial charge in [0.15, 0.2) is 0 Å². The molecule has 2 rings (SSSR count). The van der Waals surface area contributed by atoms with Gasteiger partial charge in [-0.05, 0) is 43.9 Å². The monoisotopic (exact) mass is 295 g/mol. The Labute approximate surface area is 124 Å². The molecule has 1 aliphatic carbocycles. The summed E-state index contributed by atoms with van der Waals surface area (Å²) in [4.78, 5) is 0.827. The van der Waals surface area contributed by atoms with E-state index in [0.717, 1.165) is 29.4 Å². The van der Waals surface area contributed by atoms with Crippen molar-refractivity contribution in [1.82, 2.24) is 5.32 Å². The van der Waals surface area contributed by atoms with Gasteiger partial charge in [0.1, 0.15) is 5.75 Å². The highest BCUT2D eigenvalue weighted by Gasteiger charge is 2.26. The molecule has 1 fully saturated rings. The van der Waals surface area contributed by atoms with Crippen LogP contribution in [0.15, 0.2) is 29.2 Å². The molecule has 1 N–H and O–H groups in total. The molecule has 3 unspecified atom stereocenters. The molecule has 4 heteroatoms. The van der Waals surface area contributed by atoms with Crippen molar-refractivity contribution in [1.29, 1.82) is 0 Å². The van der Waals surface area contributed by atoms with Crippen LogP contribution >= 0.6 is 0 Å². The third-order valence-electron chi connectivity index (χ3n) is 4.11. The second-order valence-corrected chi connectivity index (χ2v) is 6.88. The number of hydrogen-bond acceptors (Lipinski definition) is 3. The fraction of sp³-hybridized carbons (Fsp3) is 0.625. The van der Waals surface area contributed by atoms with Crippen molar-refractivity contribution in [3.63, 3.8) is 0 Å². The molecule has 0 heterocycles. The molecule has 3 atom stereocenters. The van der Waals surface area contributed by atoms with E-state index in [1.807, 2.05) is 24.3 Å². The highest BCUT2D eigenvalue weighted by Crippen LogP contribution is 2.30. The van der Waals surface area contributed by atoms with Crippen LogP contribution in [0.1, 0.15) is 32.6 Å². The number of methoxy groups -OCH3 is 1. The standard InChI is InChI=1S/C16H25NO2S/c1-3-17-14-8-6-7-13(14)11-12-20(18)16-10-5-4-9-15(16)19-2/h4-5,9-10,13-14,17H,3,6-8,11-12H2,1-2H3. The zero-order valence-corrected chi connectivity index (χ0v) is 13.2. The van der Waals surface area contributed by atoms with E-state index in [1.165, 1.54) is 19.3 Å². The van der Waals surface area contributed by atoms with Crippen LogP contribution in [0, 0.1) is 5.92 Å². The van der Waals surface area contributed by atoms with Crippen LogP contribution in [0.3, 0.4) is 0 Å². The van der Waals surface area contributed by atoms with Gasteiger partial charge in [0, 0.05) is 11.8 Å². The zero-order valence-electron chi connectivity index (χ0n) is 12.4. The smallest absolute Gasteiger partial charge is 0.134 e. The quantitative estimate of drug-likeness (QED) is 0.840. The summed E-state index contributed by atoms with van der Waals surface area (Å²) < 4.78 is 17.7. The molecule has 0 radical (unpaired) electrons. The Balaban J connectivity index is 1.91. The van der Waals surface area contributed by atoms with E-state index in [9.17, 15) is 4.21 Å². The average Bonchev–Trinajstić information content (AvgIpc) is 2.92. The normalized spacial score (nSPS) is 23.7. The number of benzene rings is 1. The van der Waals surface area contributed by atoms with Gasteiger partial charge in [-0.3, -0.25) is 4.21 Å². The van der Waals surface area contributed by atoms with Gasteiger partial charge in [-0.25, -0.2) is 0 Å². The first-order valence-corrected chi connectivity index (χ1v) is 8.83.